The smallest absolute Gasteiger partial charge is 0.470 e. The molecule has 2 rings (SSSR count). The van der Waals surface area contributed by atoms with E-state index >= 15 is 0 Å². The molecule has 1 aromatic carbocycles. The van der Waals surface area contributed by atoms with Crippen LogP contribution in [0.5, 0.6) is 0 Å². The zero-order valence-electron chi connectivity index (χ0n) is 14.7. The summed E-state index contributed by atoms with van der Waals surface area (Å²) in [5.41, 5.74) is -2.93. The van der Waals surface area contributed by atoms with Crippen molar-refractivity contribution in [1.82, 2.24) is 14.5 Å². The maximum atomic E-state index is 12.9. The summed E-state index contributed by atoms with van der Waals surface area (Å²) < 4.78 is 107. The SMILES string of the molecule is CO/C=N/c1c(S(=O)(=O)NC(F)(F)F)c(C#N)nn1-c1c(Cl)cc(C(F)(F)F)cc1Cl. The van der Waals surface area contributed by atoms with Gasteiger partial charge in [-0.2, -0.15) is 41.7 Å². The molecule has 17 heteroatoms. The standard InChI is InChI=1S/C14H7Cl2F6N5O3S/c1-30-5-24-12-11(31(28,29)26-14(20,21)22)9(4-23)25-27(12)10-7(15)2-6(3-8(10)16)13(17,18)19/h2-3,5,26H,1H3/b24-5+. The lowest BCUT2D eigenvalue weighted by molar-refractivity contribution is -0.138. The van der Waals surface area contributed by atoms with Gasteiger partial charge in [-0.05, 0) is 12.1 Å². The molecular formula is C14H7Cl2F6N5O3S. The van der Waals surface area contributed by atoms with Crippen LogP contribution in [0.3, 0.4) is 0 Å². The van der Waals surface area contributed by atoms with Crippen LogP contribution in [0, 0.1) is 11.3 Å². The summed E-state index contributed by atoms with van der Waals surface area (Å²) in [4.78, 5) is 2.16. The number of methoxy groups -OCH3 is 1. The first-order chi connectivity index (χ1) is 14.1. The average molecular weight is 510 g/mol. The first-order valence-corrected chi connectivity index (χ1v) is 9.62. The molecule has 0 unspecified atom stereocenters. The Balaban J connectivity index is 2.90. The number of hydrogen-bond acceptors (Lipinski definition) is 6. The van der Waals surface area contributed by atoms with Gasteiger partial charge in [-0.1, -0.05) is 23.2 Å². The summed E-state index contributed by atoms with van der Waals surface area (Å²) in [7, 11) is -4.43. The summed E-state index contributed by atoms with van der Waals surface area (Å²) in [5.74, 6) is -0.946. The average Bonchev–Trinajstić information content (AvgIpc) is 2.95. The lowest BCUT2D eigenvalue weighted by atomic mass is 10.2. The van der Waals surface area contributed by atoms with Crippen LogP contribution in [-0.4, -0.2) is 38.0 Å². The van der Waals surface area contributed by atoms with Crippen LogP contribution in [0.25, 0.3) is 5.69 Å². The molecular weight excluding hydrogens is 503 g/mol. The van der Waals surface area contributed by atoms with Gasteiger partial charge in [0.05, 0.1) is 22.7 Å². The molecule has 2 aromatic rings. The van der Waals surface area contributed by atoms with E-state index in [0.29, 0.717) is 27.9 Å². The Bertz CT molecular complexity index is 1160. The summed E-state index contributed by atoms with van der Waals surface area (Å²) >= 11 is 11.7. The van der Waals surface area contributed by atoms with Gasteiger partial charge in [-0.15, -0.1) is 4.72 Å². The third-order valence-electron chi connectivity index (χ3n) is 3.28. The van der Waals surface area contributed by atoms with Gasteiger partial charge in [-0.25, -0.2) is 13.1 Å². The van der Waals surface area contributed by atoms with Crippen molar-refractivity contribution in [2.24, 2.45) is 4.99 Å². The van der Waals surface area contributed by atoms with Gasteiger partial charge in [0.15, 0.2) is 22.8 Å². The van der Waals surface area contributed by atoms with Crippen molar-refractivity contribution in [3.8, 4) is 11.8 Å². The highest BCUT2D eigenvalue weighted by Crippen LogP contribution is 2.40. The van der Waals surface area contributed by atoms with Gasteiger partial charge in [0.1, 0.15) is 11.8 Å². The molecule has 1 heterocycles. The Morgan fingerprint density at radius 3 is 2.19 bits per heavy atom. The zero-order valence-corrected chi connectivity index (χ0v) is 17.0. The summed E-state index contributed by atoms with van der Waals surface area (Å²) in [5, 5.41) is 11.3. The molecule has 0 fully saturated rings. The highest BCUT2D eigenvalue weighted by atomic mass is 35.5. The Hall–Kier alpha value is -2.54. The Kier molecular flexibility index (Phi) is 6.81. The third-order valence-corrected chi connectivity index (χ3v) is 5.27. The van der Waals surface area contributed by atoms with E-state index in [-0.39, 0.29) is 0 Å². The van der Waals surface area contributed by atoms with Gasteiger partial charge in [0, 0.05) is 0 Å². The summed E-state index contributed by atoms with van der Waals surface area (Å²) in [6, 6.07) is 2.11. The van der Waals surface area contributed by atoms with E-state index in [1.54, 1.807) is 0 Å². The molecule has 31 heavy (non-hydrogen) atoms. The molecule has 0 spiro atoms. The predicted molar refractivity (Wildman–Crippen MR) is 94.8 cm³/mol. The second-order valence-electron chi connectivity index (χ2n) is 5.38. The van der Waals surface area contributed by atoms with Crippen molar-refractivity contribution in [2.45, 2.75) is 17.4 Å². The van der Waals surface area contributed by atoms with Crippen molar-refractivity contribution in [2.75, 3.05) is 7.11 Å². The van der Waals surface area contributed by atoms with Crippen molar-refractivity contribution in [3.63, 3.8) is 0 Å². The molecule has 0 amide bonds. The first kappa shape index (κ1) is 24.7. The third kappa shape index (κ3) is 5.39. The number of aromatic nitrogens is 2. The molecule has 0 aliphatic rings. The second kappa shape index (κ2) is 8.54. The Labute approximate surface area is 179 Å². The summed E-state index contributed by atoms with van der Waals surface area (Å²) in [6.07, 6.45) is -9.71. The fourth-order valence-electron chi connectivity index (χ4n) is 2.22. The van der Waals surface area contributed by atoms with E-state index < -0.39 is 60.2 Å². The second-order valence-corrected chi connectivity index (χ2v) is 7.82. The number of hydrogen-bond donors (Lipinski definition) is 1. The first-order valence-electron chi connectivity index (χ1n) is 7.38. The molecule has 0 saturated heterocycles. The number of nitrogens with zero attached hydrogens (tertiary/aromatic N) is 4. The number of halogens is 8. The van der Waals surface area contributed by atoms with Crippen molar-refractivity contribution >= 4 is 45.4 Å². The van der Waals surface area contributed by atoms with Crippen molar-refractivity contribution in [3.05, 3.63) is 33.4 Å². The van der Waals surface area contributed by atoms with Crippen LogP contribution >= 0.6 is 23.2 Å². The Morgan fingerprint density at radius 1 is 1.23 bits per heavy atom. The van der Waals surface area contributed by atoms with Crippen LogP contribution in [0.15, 0.2) is 22.0 Å². The van der Waals surface area contributed by atoms with Crippen LogP contribution in [0.4, 0.5) is 32.2 Å². The summed E-state index contributed by atoms with van der Waals surface area (Å²) in [6.45, 7) is 0. The quantitative estimate of drug-likeness (QED) is 0.281. The van der Waals surface area contributed by atoms with E-state index in [2.05, 4.69) is 14.8 Å². The van der Waals surface area contributed by atoms with Crippen LogP contribution in [-0.2, 0) is 20.9 Å². The molecule has 168 valence electrons. The minimum absolute atomic E-state index is 0.365. The number of nitriles is 1. The molecule has 0 radical (unpaired) electrons. The predicted octanol–water partition coefficient (Wildman–Crippen LogP) is 4.17. The van der Waals surface area contributed by atoms with Gasteiger partial charge in [0.2, 0.25) is 0 Å². The molecule has 0 bridgehead atoms. The largest absolute Gasteiger partial charge is 0.486 e. The number of ether oxygens (including phenoxy) is 1. The molecule has 1 aromatic heterocycles. The highest BCUT2D eigenvalue weighted by Gasteiger charge is 2.40. The fourth-order valence-corrected chi connectivity index (χ4v) is 4.00. The van der Waals surface area contributed by atoms with E-state index in [0.717, 1.165) is 7.11 Å². The van der Waals surface area contributed by atoms with Gasteiger partial charge in [-0.3, -0.25) is 0 Å². The maximum Gasteiger partial charge on any atom is 0.470 e. The number of nitrogens with one attached hydrogen (secondary N) is 1. The molecule has 1 N–H and O–H groups in total. The molecule has 0 atom stereocenters. The van der Waals surface area contributed by atoms with Crippen LogP contribution in [0.2, 0.25) is 10.0 Å². The van der Waals surface area contributed by atoms with E-state index in [1.807, 2.05) is 0 Å². The number of aliphatic imine (C=N–C) groups is 1. The van der Waals surface area contributed by atoms with Gasteiger partial charge >= 0.3 is 12.5 Å². The van der Waals surface area contributed by atoms with Crippen molar-refractivity contribution < 1.29 is 39.5 Å². The van der Waals surface area contributed by atoms with E-state index in [4.69, 9.17) is 23.2 Å². The fraction of sp³-hybridized carbons (Fsp3) is 0.214. The molecule has 0 aliphatic heterocycles. The van der Waals surface area contributed by atoms with Crippen molar-refractivity contribution in [1.29, 1.82) is 5.26 Å². The number of benzene rings is 1. The Morgan fingerprint density at radius 2 is 1.77 bits per heavy atom. The highest BCUT2D eigenvalue weighted by molar-refractivity contribution is 7.89. The number of sulfonamides is 1. The minimum Gasteiger partial charge on any atom is -0.486 e. The molecule has 0 aliphatic carbocycles. The normalized spacial score (nSPS) is 12.9. The molecule has 8 nitrogen and oxygen atoms in total. The van der Waals surface area contributed by atoms with Crippen LogP contribution < -0.4 is 4.72 Å². The van der Waals surface area contributed by atoms with E-state index in [1.165, 1.54) is 6.07 Å². The lowest BCUT2D eigenvalue weighted by Gasteiger charge is -2.13. The number of rotatable bonds is 5. The van der Waals surface area contributed by atoms with E-state index in [9.17, 15) is 40.0 Å². The monoisotopic (exact) mass is 509 g/mol. The topological polar surface area (TPSA) is 109 Å². The lowest BCUT2D eigenvalue weighted by Crippen LogP contribution is -2.37. The minimum atomic E-state index is -5.48. The van der Waals surface area contributed by atoms with Crippen LogP contribution in [0.1, 0.15) is 11.3 Å². The zero-order chi connectivity index (χ0) is 23.8. The van der Waals surface area contributed by atoms with Gasteiger partial charge < -0.3 is 4.74 Å². The van der Waals surface area contributed by atoms with Gasteiger partial charge in [0.25, 0.3) is 10.0 Å². The maximum absolute atomic E-state index is 12.9. The molecule has 0 saturated carbocycles. The number of alkyl halides is 6.